The minimum atomic E-state index is -0.879. The number of nitrogens with zero attached hydrogens (tertiary/aromatic N) is 3. The van der Waals surface area contributed by atoms with E-state index in [1.807, 2.05) is 6.20 Å². The third-order valence-corrected chi connectivity index (χ3v) is 5.16. The summed E-state index contributed by atoms with van der Waals surface area (Å²) in [6.07, 6.45) is 4.78. The normalized spacial score (nSPS) is 25.2. The summed E-state index contributed by atoms with van der Waals surface area (Å²) in [5.41, 5.74) is 1.26. The van der Waals surface area contributed by atoms with Gasteiger partial charge in [0.25, 0.3) is 5.91 Å². The molecule has 1 amide bonds. The van der Waals surface area contributed by atoms with Crippen LogP contribution in [-0.4, -0.2) is 38.0 Å². The summed E-state index contributed by atoms with van der Waals surface area (Å²) in [7, 11) is 0. The molecule has 1 heterocycles. The fourth-order valence-corrected chi connectivity index (χ4v) is 3.54. The third-order valence-electron chi connectivity index (χ3n) is 5.16. The number of aliphatic carboxylic acids is 1. The lowest BCUT2D eigenvalue weighted by molar-refractivity contribution is -0.141. The first kappa shape index (κ1) is 16.7. The molecular formula is C18H19FN4O3. The molecule has 26 heavy (non-hydrogen) atoms. The summed E-state index contributed by atoms with van der Waals surface area (Å²) in [6.45, 7) is 0. The highest BCUT2D eigenvalue weighted by Gasteiger charge is 2.41. The Bertz CT molecular complexity index is 831. The second-order valence-electron chi connectivity index (χ2n) is 7.06. The molecule has 3 atom stereocenters. The topological polar surface area (TPSA) is 97.1 Å². The lowest BCUT2D eigenvalue weighted by atomic mass is 10.1. The van der Waals surface area contributed by atoms with Crippen molar-refractivity contribution >= 4 is 11.9 Å². The van der Waals surface area contributed by atoms with Crippen molar-refractivity contribution in [1.29, 1.82) is 0 Å². The second kappa shape index (κ2) is 6.51. The smallest absolute Gasteiger partial charge is 0.306 e. The summed E-state index contributed by atoms with van der Waals surface area (Å²) in [6, 6.07) is 4.62. The molecule has 4 rings (SSSR count). The van der Waals surface area contributed by atoms with Crippen LogP contribution in [0.15, 0.2) is 30.5 Å². The first-order valence-corrected chi connectivity index (χ1v) is 8.72. The van der Waals surface area contributed by atoms with Crippen molar-refractivity contribution < 1.29 is 19.1 Å². The Balaban J connectivity index is 1.53. The Hall–Kier alpha value is -2.77. The van der Waals surface area contributed by atoms with E-state index in [1.54, 1.807) is 4.68 Å². The van der Waals surface area contributed by atoms with Gasteiger partial charge in [0, 0.05) is 17.7 Å². The van der Waals surface area contributed by atoms with Gasteiger partial charge in [-0.1, -0.05) is 5.21 Å². The Morgan fingerprint density at radius 3 is 2.58 bits per heavy atom. The molecule has 2 fully saturated rings. The van der Waals surface area contributed by atoms with Crippen molar-refractivity contribution in [2.24, 2.45) is 5.92 Å². The van der Waals surface area contributed by atoms with E-state index in [9.17, 15) is 19.1 Å². The van der Waals surface area contributed by atoms with Gasteiger partial charge >= 0.3 is 5.97 Å². The van der Waals surface area contributed by atoms with Gasteiger partial charge < -0.3 is 10.4 Å². The number of benzene rings is 1. The highest BCUT2D eigenvalue weighted by molar-refractivity contribution is 5.94. The van der Waals surface area contributed by atoms with Crippen molar-refractivity contribution in [3.63, 3.8) is 0 Å². The molecule has 0 radical (unpaired) electrons. The fraction of sp³-hybridized carbons (Fsp3) is 0.444. The Morgan fingerprint density at radius 2 is 1.92 bits per heavy atom. The van der Waals surface area contributed by atoms with Gasteiger partial charge in [-0.3, -0.25) is 9.59 Å². The van der Waals surface area contributed by atoms with Gasteiger partial charge in [0.15, 0.2) is 0 Å². The van der Waals surface area contributed by atoms with Gasteiger partial charge in [-0.05, 0) is 49.9 Å². The number of hydrogen-bond donors (Lipinski definition) is 2. The quantitative estimate of drug-likeness (QED) is 0.853. The Morgan fingerprint density at radius 1 is 1.19 bits per heavy atom. The van der Waals surface area contributed by atoms with Crippen LogP contribution in [0.1, 0.15) is 53.7 Å². The molecule has 136 valence electrons. The number of aromatic nitrogens is 3. The summed E-state index contributed by atoms with van der Waals surface area (Å²) >= 11 is 0. The summed E-state index contributed by atoms with van der Waals surface area (Å²) in [5.74, 6) is -1.74. The molecule has 2 aromatic rings. The predicted molar refractivity (Wildman–Crippen MR) is 89.0 cm³/mol. The van der Waals surface area contributed by atoms with E-state index in [-0.39, 0.29) is 18.0 Å². The van der Waals surface area contributed by atoms with Crippen LogP contribution < -0.4 is 5.32 Å². The molecule has 1 aromatic carbocycles. The zero-order valence-electron chi connectivity index (χ0n) is 14.0. The molecule has 2 aliphatic rings. The van der Waals surface area contributed by atoms with Crippen LogP contribution in [0, 0.1) is 11.7 Å². The lowest BCUT2D eigenvalue weighted by Gasteiger charge is -2.20. The highest BCUT2D eigenvalue weighted by atomic mass is 19.1. The van der Waals surface area contributed by atoms with Gasteiger partial charge in [-0.15, -0.1) is 5.10 Å². The third kappa shape index (κ3) is 3.31. The number of amides is 1. The predicted octanol–water partition coefficient (Wildman–Crippen LogP) is 2.13. The molecule has 0 spiro atoms. The maximum Gasteiger partial charge on any atom is 0.306 e. The van der Waals surface area contributed by atoms with Crippen LogP contribution in [0.2, 0.25) is 0 Å². The maximum absolute atomic E-state index is 13.0. The van der Waals surface area contributed by atoms with Crippen molar-refractivity contribution in [3.8, 4) is 0 Å². The van der Waals surface area contributed by atoms with Crippen molar-refractivity contribution in [2.45, 2.75) is 43.7 Å². The highest BCUT2D eigenvalue weighted by Crippen LogP contribution is 2.40. The molecule has 0 saturated heterocycles. The van der Waals surface area contributed by atoms with Crippen LogP contribution >= 0.6 is 0 Å². The van der Waals surface area contributed by atoms with E-state index in [1.165, 1.54) is 24.3 Å². The van der Waals surface area contributed by atoms with E-state index in [4.69, 9.17) is 0 Å². The van der Waals surface area contributed by atoms with E-state index in [0.29, 0.717) is 24.3 Å². The zero-order chi connectivity index (χ0) is 18.3. The Labute approximate surface area is 149 Å². The lowest BCUT2D eigenvalue weighted by Crippen LogP contribution is -2.38. The number of halogens is 1. The van der Waals surface area contributed by atoms with E-state index in [0.717, 1.165) is 18.5 Å². The SMILES string of the molecule is O=C(N[C@@H]1CC(C(=O)O)C[C@@H]1n1cc(C2CC2)nn1)c1ccc(F)cc1. The maximum atomic E-state index is 13.0. The van der Waals surface area contributed by atoms with E-state index in [2.05, 4.69) is 15.6 Å². The van der Waals surface area contributed by atoms with Gasteiger partial charge in [0.05, 0.1) is 23.7 Å². The van der Waals surface area contributed by atoms with Crippen LogP contribution in [0.25, 0.3) is 0 Å². The minimum Gasteiger partial charge on any atom is -0.481 e. The van der Waals surface area contributed by atoms with Crippen molar-refractivity contribution in [1.82, 2.24) is 20.3 Å². The standard InChI is InChI=1S/C18H19FN4O3/c19-13-5-3-11(4-6-13)17(24)20-14-7-12(18(25)26)8-16(14)23-9-15(21-22-23)10-1-2-10/h3-6,9-10,12,14,16H,1-2,7-8H2,(H,20,24)(H,25,26)/t12?,14-,16+/m1/s1. The largest absolute Gasteiger partial charge is 0.481 e. The molecule has 2 aliphatic carbocycles. The molecule has 1 aromatic heterocycles. The molecule has 2 N–H and O–H groups in total. The number of carbonyl (C=O) groups excluding carboxylic acids is 1. The first-order valence-electron chi connectivity index (χ1n) is 8.72. The molecule has 1 unspecified atom stereocenters. The van der Waals surface area contributed by atoms with Crippen LogP contribution in [-0.2, 0) is 4.79 Å². The monoisotopic (exact) mass is 358 g/mol. The number of carbonyl (C=O) groups is 2. The van der Waals surface area contributed by atoms with Crippen LogP contribution in [0.3, 0.4) is 0 Å². The fourth-order valence-electron chi connectivity index (χ4n) is 3.54. The molecule has 0 aliphatic heterocycles. The summed E-state index contributed by atoms with van der Waals surface area (Å²) < 4.78 is 14.7. The van der Waals surface area contributed by atoms with E-state index < -0.39 is 17.7 Å². The average molecular weight is 358 g/mol. The first-order chi connectivity index (χ1) is 12.5. The summed E-state index contributed by atoms with van der Waals surface area (Å²) in [5, 5.41) is 20.6. The second-order valence-corrected chi connectivity index (χ2v) is 7.06. The number of rotatable bonds is 5. The molecule has 0 bridgehead atoms. The van der Waals surface area contributed by atoms with Gasteiger partial charge in [0.1, 0.15) is 5.82 Å². The molecular weight excluding hydrogens is 339 g/mol. The minimum absolute atomic E-state index is 0.263. The average Bonchev–Trinajstić information content (AvgIpc) is 3.19. The number of carboxylic acid groups (broad SMARTS) is 1. The van der Waals surface area contributed by atoms with E-state index >= 15 is 0 Å². The molecule has 8 heteroatoms. The number of hydrogen-bond acceptors (Lipinski definition) is 4. The number of nitrogens with one attached hydrogen (secondary N) is 1. The van der Waals surface area contributed by atoms with Crippen LogP contribution in [0.4, 0.5) is 4.39 Å². The van der Waals surface area contributed by atoms with Crippen molar-refractivity contribution in [3.05, 3.63) is 47.5 Å². The zero-order valence-corrected chi connectivity index (χ0v) is 14.0. The van der Waals surface area contributed by atoms with Gasteiger partial charge in [-0.25, -0.2) is 9.07 Å². The Kier molecular flexibility index (Phi) is 4.18. The number of carboxylic acids is 1. The van der Waals surface area contributed by atoms with Crippen molar-refractivity contribution in [2.75, 3.05) is 0 Å². The molecule has 7 nitrogen and oxygen atoms in total. The summed E-state index contributed by atoms with van der Waals surface area (Å²) in [4.78, 5) is 23.9. The van der Waals surface area contributed by atoms with Gasteiger partial charge in [-0.2, -0.15) is 0 Å². The molecule has 2 saturated carbocycles. The van der Waals surface area contributed by atoms with Gasteiger partial charge in [0.2, 0.25) is 0 Å². The van der Waals surface area contributed by atoms with Crippen LogP contribution in [0.5, 0.6) is 0 Å².